The molecule has 0 amide bonds. The fraction of sp³-hybridized carbons (Fsp3) is 0.692. The molecule has 1 aromatic rings. The van der Waals surface area contributed by atoms with Crippen molar-refractivity contribution < 1.29 is 0 Å². The lowest BCUT2D eigenvalue weighted by atomic mass is 9.95. The Morgan fingerprint density at radius 2 is 2.38 bits per heavy atom. The van der Waals surface area contributed by atoms with Crippen LogP contribution in [-0.2, 0) is 13.6 Å². The maximum atomic E-state index is 3.69. The van der Waals surface area contributed by atoms with Crippen LogP contribution in [0, 0.1) is 0 Å². The highest BCUT2D eigenvalue weighted by atomic mass is 32.2. The summed E-state index contributed by atoms with van der Waals surface area (Å²) in [5.41, 5.74) is 1.38. The number of hydrogen-bond acceptors (Lipinski definition) is 2. The van der Waals surface area contributed by atoms with Gasteiger partial charge in [0.2, 0.25) is 0 Å². The van der Waals surface area contributed by atoms with E-state index in [1.165, 1.54) is 31.4 Å². The van der Waals surface area contributed by atoms with Gasteiger partial charge in [0, 0.05) is 36.8 Å². The predicted octanol–water partition coefficient (Wildman–Crippen LogP) is 2.79. The molecule has 0 aliphatic heterocycles. The first-order valence-corrected chi connectivity index (χ1v) is 7.44. The highest BCUT2D eigenvalue weighted by molar-refractivity contribution is 7.99. The van der Waals surface area contributed by atoms with Gasteiger partial charge in [0.1, 0.15) is 0 Å². The summed E-state index contributed by atoms with van der Waals surface area (Å²) in [5.74, 6) is 0. The molecule has 16 heavy (non-hydrogen) atoms. The van der Waals surface area contributed by atoms with E-state index >= 15 is 0 Å². The standard InChI is InChI=1S/C13H22N2S/c1-15-8-4-6-12(15)10-14-11-5-3-7-13(9-11)16-2/h4,6,8,11,13-14H,3,5,7,9-10H2,1-2H3. The lowest BCUT2D eigenvalue weighted by Crippen LogP contribution is -2.35. The van der Waals surface area contributed by atoms with Gasteiger partial charge < -0.3 is 9.88 Å². The van der Waals surface area contributed by atoms with E-state index in [1.807, 2.05) is 11.8 Å². The van der Waals surface area contributed by atoms with Gasteiger partial charge in [-0.05, 0) is 37.7 Å². The Labute approximate surface area is 103 Å². The molecule has 3 heteroatoms. The lowest BCUT2D eigenvalue weighted by Gasteiger charge is -2.28. The summed E-state index contributed by atoms with van der Waals surface area (Å²) in [6.45, 7) is 1.01. The third-order valence-corrected chi connectivity index (χ3v) is 4.68. The smallest absolute Gasteiger partial charge is 0.0361 e. The molecule has 1 aromatic heterocycles. The van der Waals surface area contributed by atoms with Gasteiger partial charge in [0.15, 0.2) is 0 Å². The largest absolute Gasteiger partial charge is 0.353 e. The molecule has 2 unspecified atom stereocenters. The molecule has 0 spiro atoms. The average molecular weight is 238 g/mol. The number of hydrogen-bond donors (Lipinski definition) is 1. The van der Waals surface area contributed by atoms with Gasteiger partial charge in [-0.25, -0.2) is 0 Å². The monoisotopic (exact) mass is 238 g/mol. The molecule has 1 aliphatic carbocycles. The fourth-order valence-electron chi connectivity index (χ4n) is 2.47. The molecule has 2 rings (SSSR count). The summed E-state index contributed by atoms with van der Waals surface area (Å²) >= 11 is 2.03. The molecule has 0 saturated heterocycles. The van der Waals surface area contributed by atoms with Crippen LogP contribution < -0.4 is 5.32 Å². The van der Waals surface area contributed by atoms with Crippen LogP contribution in [0.4, 0.5) is 0 Å². The van der Waals surface area contributed by atoms with Crippen molar-refractivity contribution in [3.05, 3.63) is 24.0 Å². The number of aromatic nitrogens is 1. The molecule has 1 heterocycles. The van der Waals surface area contributed by atoms with Crippen LogP contribution in [0.5, 0.6) is 0 Å². The van der Waals surface area contributed by atoms with Crippen molar-refractivity contribution in [3.63, 3.8) is 0 Å². The van der Waals surface area contributed by atoms with Gasteiger partial charge in [-0.15, -0.1) is 0 Å². The van der Waals surface area contributed by atoms with Crippen LogP contribution in [0.25, 0.3) is 0 Å². The first-order chi connectivity index (χ1) is 7.79. The summed E-state index contributed by atoms with van der Waals surface area (Å²) in [7, 11) is 2.11. The molecule has 90 valence electrons. The van der Waals surface area contributed by atoms with Crippen LogP contribution in [0.3, 0.4) is 0 Å². The Morgan fingerprint density at radius 3 is 3.06 bits per heavy atom. The molecule has 1 N–H and O–H groups in total. The Kier molecular flexibility index (Phi) is 4.36. The van der Waals surface area contributed by atoms with Crippen molar-refractivity contribution in [3.8, 4) is 0 Å². The molecular weight excluding hydrogens is 216 g/mol. The van der Waals surface area contributed by atoms with Crippen LogP contribution >= 0.6 is 11.8 Å². The second kappa shape index (κ2) is 5.78. The van der Waals surface area contributed by atoms with Gasteiger partial charge in [0.25, 0.3) is 0 Å². The average Bonchev–Trinajstić information content (AvgIpc) is 2.72. The third kappa shape index (κ3) is 3.05. The molecule has 2 nitrogen and oxygen atoms in total. The van der Waals surface area contributed by atoms with Gasteiger partial charge >= 0.3 is 0 Å². The lowest BCUT2D eigenvalue weighted by molar-refractivity contribution is 0.377. The fourth-order valence-corrected chi connectivity index (χ4v) is 3.30. The van der Waals surface area contributed by atoms with E-state index in [1.54, 1.807) is 0 Å². The highest BCUT2D eigenvalue weighted by Crippen LogP contribution is 2.26. The number of thioether (sulfide) groups is 1. The van der Waals surface area contributed by atoms with E-state index < -0.39 is 0 Å². The Hall–Kier alpha value is -0.410. The number of rotatable bonds is 4. The summed E-state index contributed by atoms with van der Waals surface area (Å²) in [6.07, 6.45) is 9.83. The minimum atomic E-state index is 0.723. The van der Waals surface area contributed by atoms with E-state index in [9.17, 15) is 0 Å². The molecular formula is C13H22N2S. The second-order valence-electron chi connectivity index (χ2n) is 4.71. The van der Waals surface area contributed by atoms with Gasteiger partial charge in [-0.2, -0.15) is 11.8 Å². The third-order valence-electron chi connectivity index (χ3n) is 3.58. The molecule has 1 aliphatic rings. The minimum Gasteiger partial charge on any atom is -0.353 e. The number of nitrogens with zero attached hydrogens (tertiary/aromatic N) is 1. The summed E-state index contributed by atoms with van der Waals surface area (Å²) in [6, 6.07) is 5.03. The predicted molar refractivity (Wildman–Crippen MR) is 71.8 cm³/mol. The van der Waals surface area contributed by atoms with Crippen molar-refractivity contribution >= 4 is 11.8 Å². The van der Waals surface area contributed by atoms with Gasteiger partial charge in [-0.1, -0.05) is 6.42 Å². The first-order valence-electron chi connectivity index (χ1n) is 6.16. The van der Waals surface area contributed by atoms with Crippen molar-refractivity contribution in [1.82, 2.24) is 9.88 Å². The molecule has 0 aromatic carbocycles. The summed E-state index contributed by atoms with van der Waals surface area (Å²) in [4.78, 5) is 0. The first kappa shape index (κ1) is 12.1. The molecule has 0 radical (unpaired) electrons. The van der Waals surface area contributed by atoms with Gasteiger partial charge in [-0.3, -0.25) is 0 Å². The zero-order valence-corrected chi connectivity index (χ0v) is 11.1. The zero-order chi connectivity index (χ0) is 11.4. The molecule has 1 fully saturated rings. The van der Waals surface area contributed by atoms with E-state index in [2.05, 4.69) is 41.5 Å². The van der Waals surface area contributed by atoms with Gasteiger partial charge in [0.05, 0.1) is 0 Å². The van der Waals surface area contributed by atoms with Crippen LogP contribution in [-0.4, -0.2) is 22.1 Å². The van der Waals surface area contributed by atoms with Crippen molar-refractivity contribution in [2.24, 2.45) is 7.05 Å². The van der Waals surface area contributed by atoms with E-state index in [0.717, 1.165) is 17.8 Å². The highest BCUT2D eigenvalue weighted by Gasteiger charge is 2.20. The number of nitrogens with one attached hydrogen (secondary N) is 1. The molecule has 1 saturated carbocycles. The summed E-state index contributed by atoms with van der Waals surface area (Å²) in [5, 5.41) is 4.57. The van der Waals surface area contributed by atoms with Crippen LogP contribution in [0.1, 0.15) is 31.4 Å². The Morgan fingerprint density at radius 1 is 1.50 bits per heavy atom. The molecule has 2 atom stereocenters. The second-order valence-corrected chi connectivity index (χ2v) is 5.85. The minimum absolute atomic E-state index is 0.723. The van der Waals surface area contributed by atoms with E-state index in [4.69, 9.17) is 0 Å². The topological polar surface area (TPSA) is 17.0 Å². The Bertz CT molecular complexity index is 321. The Balaban J connectivity index is 1.79. The van der Waals surface area contributed by atoms with E-state index in [0.29, 0.717) is 0 Å². The molecule has 0 bridgehead atoms. The normalized spacial score (nSPS) is 25.9. The maximum absolute atomic E-state index is 3.69. The van der Waals surface area contributed by atoms with E-state index in [-0.39, 0.29) is 0 Å². The summed E-state index contributed by atoms with van der Waals surface area (Å²) < 4.78 is 2.20. The quantitative estimate of drug-likeness (QED) is 0.868. The maximum Gasteiger partial charge on any atom is 0.0361 e. The SMILES string of the molecule is CSC1CCCC(NCc2cccn2C)C1. The van der Waals surface area contributed by atoms with Crippen molar-refractivity contribution in [2.45, 2.75) is 43.5 Å². The number of aryl methyl sites for hydroxylation is 1. The van der Waals surface area contributed by atoms with Crippen molar-refractivity contribution in [2.75, 3.05) is 6.26 Å². The van der Waals surface area contributed by atoms with Crippen molar-refractivity contribution in [1.29, 1.82) is 0 Å². The van der Waals surface area contributed by atoms with Crippen LogP contribution in [0.2, 0.25) is 0 Å². The van der Waals surface area contributed by atoms with Crippen LogP contribution in [0.15, 0.2) is 18.3 Å². The zero-order valence-electron chi connectivity index (χ0n) is 10.3.